The Labute approximate surface area is 201 Å². The summed E-state index contributed by atoms with van der Waals surface area (Å²) in [5.74, 6) is -0.0580. The Hall–Kier alpha value is -2.98. The maximum absolute atomic E-state index is 15.4. The number of carbonyl (C=O) groups is 1. The summed E-state index contributed by atoms with van der Waals surface area (Å²) >= 11 is 0. The first kappa shape index (κ1) is 22.8. The lowest BCUT2D eigenvalue weighted by Gasteiger charge is -2.18. The molecule has 3 aromatic carbocycles. The molecule has 0 aromatic heterocycles. The average molecular weight is 457 g/mol. The molecule has 5 rings (SSSR count). The van der Waals surface area contributed by atoms with Gasteiger partial charge in [-0.15, -0.1) is 0 Å². The van der Waals surface area contributed by atoms with Crippen molar-refractivity contribution in [2.75, 3.05) is 6.54 Å². The van der Waals surface area contributed by atoms with Crippen LogP contribution in [0.3, 0.4) is 0 Å². The molecule has 1 unspecified atom stereocenters. The van der Waals surface area contributed by atoms with E-state index in [1.165, 1.54) is 34.2 Å². The molecule has 0 saturated carbocycles. The second kappa shape index (κ2) is 9.71. The summed E-state index contributed by atoms with van der Waals surface area (Å²) in [4.78, 5) is 11.4. The van der Waals surface area contributed by atoms with Gasteiger partial charge in [0, 0.05) is 31.1 Å². The molecule has 1 aliphatic carbocycles. The van der Waals surface area contributed by atoms with Crippen LogP contribution in [-0.2, 0) is 30.6 Å². The van der Waals surface area contributed by atoms with Gasteiger partial charge in [-0.3, -0.25) is 4.79 Å². The number of hydrogen-bond acceptors (Lipinski definition) is 2. The highest BCUT2D eigenvalue weighted by molar-refractivity contribution is 5.81. The fourth-order valence-corrected chi connectivity index (χ4v) is 5.68. The molecule has 4 heteroatoms. The largest absolute Gasteiger partial charge is 0.352 e. The highest BCUT2D eigenvalue weighted by atomic mass is 19.1. The average Bonchev–Trinajstić information content (AvgIpc) is 3.48. The Morgan fingerprint density at radius 2 is 1.82 bits per heavy atom. The lowest BCUT2D eigenvalue weighted by atomic mass is 9.88. The highest BCUT2D eigenvalue weighted by Crippen LogP contribution is 2.38. The van der Waals surface area contributed by atoms with E-state index in [4.69, 9.17) is 0 Å². The number of aryl methyl sites for hydroxylation is 2. The molecular weight excluding hydrogens is 423 g/mol. The predicted molar refractivity (Wildman–Crippen MR) is 136 cm³/mol. The Morgan fingerprint density at radius 3 is 2.62 bits per heavy atom. The lowest BCUT2D eigenvalue weighted by Crippen LogP contribution is -2.35. The Morgan fingerprint density at radius 1 is 1.03 bits per heavy atom. The van der Waals surface area contributed by atoms with E-state index in [-0.39, 0.29) is 17.8 Å². The molecule has 176 valence electrons. The molecule has 1 saturated heterocycles. The summed E-state index contributed by atoms with van der Waals surface area (Å²) in [7, 11) is 0. The van der Waals surface area contributed by atoms with Gasteiger partial charge in [-0.1, -0.05) is 49.4 Å². The summed E-state index contributed by atoms with van der Waals surface area (Å²) in [6.45, 7) is 5.37. The summed E-state index contributed by atoms with van der Waals surface area (Å²) in [6.07, 6.45) is 5.71. The van der Waals surface area contributed by atoms with E-state index in [0.717, 1.165) is 47.9 Å². The van der Waals surface area contributed by atoms with Crippen LogP contribution in [0, 0.1) is 12.7 Å². The third-order valence-electron chi connectivity index (χ3n) is 7.53. The van der Waals surface area contributed by atoms with E-state index >= 15 is 4.39 Å². The molecule has 2 N–H and O–H groups in total. The van der Waals surface area contributed by atoms with Gasteiger partial charge in [0.2, 0.25) is 5.91 Å². The van der Waals surface area contributed by atoms with Crippen molar-refractivity contribution in [3.05, 3.63) is 82.2 Å². The smallest absolute Gasteiger partial charge is 0.220 e. The minimum atomic E-state index is -0.164. The van der Waals surface area contributed by atoms with E-state index in [0.29, 0.717) is 19.5 Å². The van der Waals surface area contributed by atoms with E-state index in [9.17, 15) is 4.79 Å². The number of hydrogen-bond donors (Lipinski definition) is 2. The second-order valence-electron chi connectivity index (χ2n) is 9.66. The van der Waals surface area contributed by atoms with Crippen LogP contribution in [0.2, 0.25) is 0 Å². The fourth-order valence-electron chi connectivity index (χ4n) is 5.68. The van der Waals surface area contributed by atoms with Gasteiger partial charge in [0.25, 0.3) is 0 Å². The van der Waals surface area contributed by atoms with Crippen molar-refractivity contribution < 1.29 is 9.18 Å². The number of halogens is 1. The SMILES string of the molecule is CCc1cc(-c2cccc(-c3cccc4c3CCC4)c2C)cc(F)c1CNCC1CCC(=O)N1. The zero-order chi connectivity index (χ0) is 23.7. The molecule has 1 atom stereocenters. The van der Waals surface area contributed by atoms with E-state index in [2.05, 4.69) is 66.9 Å². The van der Waals surface area contributed by atoms with Crippen molar-refractivity contribution in [2.45, 2.75) is 65.0 Å². The van der Waals surface area contributed by atoms with Gasteiger partial charge in [0.15, 0.2) is 0 Å². The first-order valence-corrected chi connectivity index (χ1v) is 12.6. The van der Waals surface area contributed by atoms with Crippen molar-refractivity contribution in [1.29, 1.82) is 0 Å². The summed E-state index contributed by atoms with van der Waals surface area (Å²) in [5, 5.41) is 6.31. The highest BCUT2D eigenvalue weighted by Gasteiger charge is 2.21. The molecule has 3 aromatic rings. The lowest BCUT2D eigenvalue weighted by molar-refractivity contribution is -0.119. The second-order valence-corrected chi connectivity index (χ2v) is 9.66. The van der Waals surface area contributed by atoms with Crippen molar-refractivity contribution >= 4 is 5.91 Å². The van der Waals surface area contributed by atoms with Crippen LogP contribution in [0.5, 0.6) is 0 Å². The molecule has 0 spiro atoms. The van der Waals surface area contributed by atoms with E-state index in [1.807, 2.05) is 0 Å². The van der Waals surface area contributed by atoms with Crippen molar-refractivity contribution in [2.24, 2.45) is 0 Å². The number of fused-ring (bicyclic) bond motifs is 1. The minimum absolute atomic E-state index is 0.106. The molecule has 1 fully saturated rings. The number of carbonyl (C=O) groups excluding carboxylic acids is 1. The third kappa shape index (κ3) is 4.39. The number of rotatable bonds is 7. The number of amides is 1. The molecule has 0 radical (unpaired) electrons. The zero-order valence-corrected chi connectivity index (χ0v) is 20.1. The molecule has 3 nitrogen and oxygen atoms in total. The van der Waals surface area contributed by atoms with Crippen LogP contribution >= 0.6 is 0 Å². The molecule has 1 aliphatic heterocycles. The monoisotopic (exact) mass is 456 g/mol. The fraction of sp³-hybridized carbons (Fsp3) is 0.367. The predicted octanol–water partition coefficient (Wildman–Crippen LogP) is 5.89. The van der Waals surface area contributed by atoms with Crippen molar-refractivity contribution in [3.63, 3.8) is 0 Å². The molecule has 34 heavy (non-hydrogen) atoms. The van der Waals surface area contributed by atoms with Gasteiger partial charge in [0.1, 0.15) is 5.82 Å². The maximum atomic E-state index is 15.4. The van der Waals surface area contributed by atoms with E-state index < -0.39 is 0 Å². The third-order valence-corrected chi connectivity index (χ3v) is 7.53. The molecule has 1 heterocycles. The minimum Gasteiger partial charge on any atom is -0.352 e. The maximum Gasteiger partial charge on any atom is 0.220 e. The number of nitrogens with one attached hydrogen (secondary N) is 2. The first-order chi connectivity index (χ1) is 16.5. The summed E-state index contributed by atoms with van der Waals surface area (Å²) < 4.78 is 15.4. The van der Waals surface area contributed by atoms with Crippen molar-refractivity contribution in [1.82, 2.24) is 10.6 Å². The normalized spacial score (nSPS) is 17.1. The van der Waals surface area contributed by atoms with Gasteiger partial charge in [-0.2, -0.15) is 0 Å². The Bertz CT molecular complexity index is 1230. The van der Waals surface area contributed by atoms with Gasteiger partial charge in [-0.25, -0.2) is 4.39 Å². The molecule has 0 bridgehead atoms. The van der Waals surface area contributed by atoms with Gasteiger partial charge in [-0.05, 0) is 89.6 Å². The van der Waals surface area contributed by atoms with Crippen LogP contribution in [0.25, 0.3) is 22.3 Å². The van der Waals surface area contributed by atoms with Crippen molar-refractivity contribution in [3.8, 4) is 22.3 Å². The standard InChI is InChI=1S/C30H33FN2O/c1-3-20-15-22(16-29(31)28(20)18-32-17-23-13-14-30(34)33-23)24-9-6-10-25(19(24)2)27-12-5-8-21-7-4-11-26(21)27/h5-6,8-10,12,15-16,23,32H,3-4,7,11,13-14,17-18H2,1-2H3,(H,33,34). The summed E-state index contributed by atoms with van der Waals surface area (Å²) in [5.41, 5.74) is 10.5. The van der Waals surface area contributed by atoms with Crippen LogP contribution in [0.4, 0.5) is 4.39 Å². The Kier molecular flexibility index (Phi) is 6.51. The van der Waals surface area contributed by atoms with Crippen LogP contribution < -0.4 is 10.6 Å². The topological polar surface area (TPSA) is 41.1 Å². The summed E-state index contributed by atoms with van der Waals surface area (Å²) in [6, 6.07) is 17.0. The van der Waals surface area contributed by atoms with Gasteiger partial charge >= 0.3 is 0 Å². The molecule has 1 amide bonds. The molecule has 2 aliphatic rings. The Balaban J connectivity index is 1.43. The number of benzene rings is 3. The van der Waals surface area contributed by atoms with Crippen LogP contribution in [0.15, 0.2) is 48.5 Å². The first-order valence-electron chi connectivity index (χ1n) is 12.6. The quantitative estimate of drug-likeness (QED) is 0.466. The van der Waals surface area contributed by atoms with Crippen LogP contribution in [0.1, 0.15) is 54.0 Å². The molecular formula is C30H33FN2O. The van der Waals surface area contributed by atoms with Gasteiger partial charge in [0.05, 0.1) is 0 Å². The zero-order valence-electron chi connectivity index (χ0n) is 20.1. The van der Waals surface area contributed by atoms with Crippen LogP contribution in [-0.4, -0.2) is 18.5 Å². The van der Waals surface area contributed by atoms with E-state index in [1.54, 1.807) is 6.07 Å². The van der Waals surface area contributed by atoms with Gasteiger partial charge < -0.3 is 10.6 Å².